The third-order valence-corrected chi connectivity index (χ3v) is 8.32. The van der Waals surface area contributed by atoms with Crippen molar-refractivity contribution in [3.63, 3.8) is 0 Å². The second-order valence-corrected chi connectivity index (χ2v) is 10.5. The van der Waals surface area contributed by atoms with E-state index in [9.17, 15) is 27.6 Å². The molecule has 0 saturated heterocycles. The number of anilines is 1. The van der Waals surface area contributed by atoms with Crippen LogP contribution in [0.25, 0.3) is 0 Å². The number of carbonyl (C=O) groups excluding carboxylic acids is 3. The summed E-state index contributed by atoms with van der Waals surface area (Å²) in [4.78, 5) is 43.1. The van der Waals surface area contributed by atoms with Crippen molar-refractivity contribution in [3.8, 4) is 5.75 Å². The first-order valence-electron chi connectivity index (χ1n) is 12.8. The molecule has 6 nitrogen and oxygen atoms in total. The van der Waals surface area contributed by atoms with E-state index in [1.54, 1.807) is 48.7 Å². The lowest BCUT2D eigenvalue weighted by Gasteiger charge is -2.42. The number of nitrogens with zero attached hydrogens (tertiary/aromatic N) is 1. The number of rotatable bonds is 6. The quantitative estimate of drug-likeness (QED) is 0.251. The molecule has 0 N–H and O–H groups in total. The number of halogens is 3. The highest BCUT2D eigenvalue weighted by molar-refractivity contribution is 7.10. The fourth-order valence-electron chi connectivity index (χ4n) is 5.63. The van der Waals surface area contributed by atoms with Gasteiger partial charge in [-0.2, -0.15) is 13.2 Å². The van der Waals surface area contributed by atoms with Gasteiger partial charge < -0.3 is 9.47 Å². The van der Waals surface area contributed by atoms with Crippen LogP contribution in [0.4, 0.5) is 18.9 Å². The Morgan fingerprint density at radius 3 is 2.50 bits per heavy atom. The lowest BCUT2D eigenvalue weighted by atomic mass is 9.69. The van der Waals surface area contributed by atoms with Gasteiger partial charge in [0, 0.05) is 34.4 Å². The standard InChI is InChI=1S/C30H26F3NO5S/c1-3-39-29(37)27-20(24-12-7-13-40-24)15-23-26(28(27)36)19(17-8-6-9-18(14-17)38-2)16-25(35)34(23)22-11-5-4-10-21(22)30(31,32)33/h4-14,19-20,27H,3,15-16H2,1-2H3/t19-,20-,27-/m0/s1. The molecule has 2 aliphatic rings. The van der Waals surface area contributed by atoms with Crippen LogP contribution >= 0.6 is 11.3 Å². The normalized spacial score (nSPS) is 21.3. The van der Waals surface area contributed by atoms with E-state index >= 15 is 0 Å². The van der Waals surface area contributed by atoms with Crippen molar-refractivity contribution in [3.05, 3.63) is 93.3 Å². The molecular weight excluding hydrogens is 543 g/mol. The predicted molar refractivity (Wildman–Crippen MR) is 143 cm³/mol. The molecule has 1 aliphatic carbocycles. The molecule has 2 aromatic carbocycles. The summed E-state index contributed by atoms with van der Waals surface area (Å²) in [7, 11) is 1.49. The smallest absolute Gasteiger partial charge is 0.418 e. The van der Waals surface area contributed by atoms with Crippen LogP contribution in [0, 0.1) is 5.92 Å². The molecule has 0 radical (unpaired) electrons. The Bertz CT molecular complexity index is 1480. The van der Waals surface area contributed by atoms with E-state index in [1.807, 2.05) is 0 Å². The monoisotopic (exact) mass is 569 g/mol. The van der Waals surface area contributed by atoms with Crippen LogP contribution in [-0.4, -0.2) is 31.4 Å². The van der Waals surface area contributed by atoms with Crippen molar-refractivity contribution >= 4 is 34.7 Å². The van der Waals surface area contributed by atoms with Gasteiger partial charge in [-0.15, -0.1) is 11.3 Å². The Labute approximate surface area is 233 Å². The van der Waals surface area contributed by atoms with Crippen molar-refractivity contribution in [2.45, 2.75) is 37.8 Å². The van der Waals surface area contributed by atoms with Crippen LogP contribution in [0.15, 0.2) is 77.3 Å². The Kier molecular flexibility index (Phi) is 7.55. The number of ether oxygens (including phenoxy) is 2. The average Bonchev–Trinajstić information content (AvgIpc) is 3.47. The Balaban J connectivity index is 1.76. The van der Waals surface area contributed by atoms with Gasteiger partial charge >= 0.3 is 12.1 Å². The maximum Gasteiger partial charge on any atom is 0.418 e. The zero-order chi connectivity index (χ0) is 28.6. The van der Waals surface area contributed by atoms with E-state index < -0.39 is 47.2 Å². The summed E-state index contributed by atoms with van der Waals surface area (Å²) in [5.41, 5.74) is -0.415. The van der Waals surface area contributed by atoms with Crippen LogP contribution in [0.5, 0.6) is 5.75 Å². The third kappa shape index (κ3) is 4.92. The number of hydrogen-bond donors (Lipinski definition) is 0. The van der Waals surface area contributed by atoms with Gasteiger partial charge in [-0.25, -0.2) is 0 Å². The van der Waals surface area contributed by atoms with Crippen molar-refractivity contribution in [2.75, 3.05) is 18.6 Å². The number of thiophene rings is 1. The molecule has 10 heteroatoms. The van der Waals surface area contributed by atoms with Crippen LogP contribution in [-0.2, 0) is 25.3 Å². The molecule has 0 fully saturated rings. The summed E-state index contributed by atoms with van der Waals surface area (Å²) < 4.78 is 53.0. The van der Waals surface area contributed by atoms with E-state index in [0.29, 0.717) is 16.2 Å². The number of methoxy groups -OCH3 is 1. The number of allylic oxidation sites excluding steroid dienone is 2. The minimum absolute atomic E-state index is 0.00344. The second kappa shape index (κ2) is 10.9. The summed E-state index contributed by atoms with van der Waals surface area (Å²) in [6.07, 6.45) is -4.99. The first-order valence-corrected chi connectivity index (χ1v) is 13.6. The van der Waals surface area contributed by atoms with Crippen LogP contribution in [0.3, 0.4) is 0 Å². The molecule has 208 valence electrons. The summed E-state index contributed by atoms with van der Waals surface area (Å²) in [6, 6.07) is 15.3. The number of amides is 1. The minimum atomic E-state index is -4.74. The van der Waals surface area contributed by atoms with Gasteiger partial charge in [0.2, 0.25) is 5.91 Å². The molecule has 40 heavy (non-hydrogen) atoms. The number of benzene rings is 2. The maximum absolute atomic E-state index is 14.3. The fourth-order valence-corrected chi connectivity index (χ4v) is 6.50. The maximum atomic E-state index is 14.3. The zero-order valence-corrected chi connectivity index (χ0v) is 22.6. The van der Waals surface area contributed by atoms with E-state index in [-0.39, 0.29) is 36.4 Å². The number of hydrogen-bond acceptors (Lipinski definition) is 6. The Hall–Kier alpha value is -3.92. The van der Waals surface area contributed by atoms with E-state index in [1.165, 1.54) is 36.6 Å². The number of carbonyl (C=O) groups is 3. The Morgan fingerprint density at radius 1 is 1.05 bits per heavy atom. The molecule has 0 spiro atoms. The van der Waals surface area contributed by atoms with Gasteiger partial charge in [-0.1, -0.05) is 30.3 Å². The SMILES string of the molecule is CCOC(=O)[C@@H]1C(=O)C2=C(C[C@H]1c1cccs1)N(c1ccccc1C(F)(F)F)C(=O)C[C@H]2c1cccc(OC)c1. The van der Waals surface area contributed by atoms with Crippen LogP contribution in [0.2, 0.25) is 0 Å². The molecule has 5 rings (SSSR count). The molecule has 3 atom stereocenters. The second-order valence-electron chi connectivity index (χ2n) is 9.56. The van der Waals surface area contributed by atoms with Crippen LogP contribution < -0.4 is 9.64 Å². The highest BCUT2D eigenvalue weighted by atomic mass is 32.1. The molecular formula is C30H26F3NO5S. The highest BCUT2D eigenvalue weighted by Crippen LogP contribution is 2.51. The number of esters is 1. The lowest BCUT2D eigenvalue weighted by Crippen LogP contribution is -2.47. The minimum Gasteiger partial charge on any atom is -0.497 e. The predicted octanol–water partition coefficient (Wildman–Crippen LogP) is 6.49. The number of para-hydroxylation sites is 1. The fraction of sp³-hybridized carbons (Fsp3) is 0.300. The summed E-state index contributed by atoms with van der Waals surface area (Å²) in [5, 5.41) is 1.80. The van der Waals surface area contributed by atoms with Crippen LogP contribution in [0.1, 0.15) is 47.6 Å². The highest BCUT2D eigenvalue weighted by Gasteiger charge is 2.51. The van der Waals surface area contributed by atoms with Gasteiger partial charge in [0.25, 0.3) is 0 Å². The van der Waals surface area contributed by atoms with Crippen molar-refractivity contribution in [2.24, 2.45) is 5.92 Å². The van der Waals surface area contributed by atoms with Crippen molar-refractivity contribution in [1.82, 2.24) is 0 Å². The summed E-state index contributed by atoms with van der Waals surface area (Å²) in [5.74, 6) is -4.00. The zero-order valence-electron chi connectivity index (χ0n) is 21.7. The molecule has 2 heterocycles. The number of ketones is 1. The van der Waals surface area contributed by atoms with Crippen molar-refractivity contribution in [1.29, 1.82) is 0 Å². The van der Waals surface area contributed by atoms with Gasteiger partial charge in [0.1, 0.15) is 11.7 Å². The van der Waals surface area contributed by atoms with E-state index in [4.69, 9.17) is 9.47 Å². The van der Waals surface area contributed by atoms with Gasteiger partial charge in [0.15, 0.2) is 5.78 Å². The molecule has 3 aromatic rings. The molecule has 0 bridgehead atoms. The first kappa shape index (κ1) is 27.6. The topological polar surface area (TPSA) is 72.9 Å². The molecule has 1 amide bonds. The Morgan fingerprint density at radius 2 is 1.82 bits per heavy atom. The number of alkyl halides is 3. The molecule has 1 aromatic heterocycles. The average molecular weight is 570 g/mol. The first-order chi connectivity index (χ1) is 19.2. The van der Waals surface area contributed by atoms with Gasteiger partial charge in [-0.3, -0.25) is 19.3 Å². The molecule has 1 aliphatic heterocycles. The number of Topliss-reactive ketones (excluding diaryl/α,β-unsaturated/α-hetero) is 1. The van der Waals surface area contributed by atoms with Gasteiger partial charge in [0.05, 0.1) is 25.0 Å². The third-order valence-electron chi connectivity index (χ3n) is 7.32. The lowest BCUT2D eigenvalue weighted by molar-refractivity contribution is -0.152. The van der Waals surface area contributed by atoms with E-state index in [2.05, 4.69) is 0 Å². The largest absolute Gasteiger partial charge is 0.497 e. The summed E-state index contributed by atoms with van der Waals surface area (Å²) in [6.45, 7) is 1.71. The van der Waals surface area contributed by atoms with E-state index in [0.717, 1.165) is 11.0 Å². The molecule has 0 unspecified atom stereocenters. The summed E-state index contributed by atoms with van der Waals surface area (Å²) >= 11 is 1.33. The molecule has 0 saturated carbocycles. The van der Waals surface area contributed by atoms with Gasteiger partial charge in [-0.05, 0) is 54.6 Å². The van der Waals surface area contributed by atoms with Crippen molar-refractivity contribution < 1.29 is 37.0 Å².